The second kappa shape index (κ2) is 5.39. The van der Waals surface area contributed by atoms with Gasteiger partial charge in [0.2, 0.25) is 0 Å². The number of nitrogens with one attached hydrogen (secondary N) is 1. The highest BCUT2D eigenvalue weighted by molar-refractivity contribution is 8.14. The van der Waals surface area contributed by atoms with E-state index in [0.29, 0.717) is 6.04 Å². The van der Waals surface area contributed by atoms with Gasteiger partial charge in [0, 0.05) is 18.3 Å². The van der Waals surface area contributed by atoms with Crippen molar-refractivity contribution in [3.8, 4) is 0 Å². The van der Waals surface area contributed by atoms with Gasteiger partial charge in [0.05, 0.1) is 0 Å². The van der Waals surface area contributed by atoms with Crippen LogP contribution in [0, 0.1) is 6.92 Å². The molecule has 86 valence electrons. The fraction of sp³-hybridized carbons (Fsp3) is 0.462. The average Bonchev–Trinajstić information content (AvgIpc) is 2.64. The smallest absolute Gasteiger partial charge is 0.156 e. The van der Waals surface area contributed by atoms with E-state index in [4.69, 9.17) is 0 Å². The van der Waals surface area contributed by atoms with Crippen LogP contribution in [0.25, 0.3) is 0 Å². The SMILES string of the molecule is Cc1cccc(CCN=C2NC(C)CS2)c1. The highest BCUT2D eigenvalue weighted by Crippen LogP contribution is 2.13. The maximum Gasteiger partial charge on any atom is 0.156 e. The zero-order chi connectivity index (χ0) is 11.4. The molecule has 16 heavy (non-hydrogen) atoms. The number of amidine groups is 1. The number of hydrogen-bond acceptors (Lipinski definition) is 2. The zero-order valence-corrected chi connectivity index (χ0v) is 10.7. The molecule has 1 aromatic rings. The van der Waals surface area contributed by atoms with Crippen LogP contribution in [0.5, 0.6) is 0 Å². The first-order chi connectivity index (χ1) is 7.74. The minimum atomic E-state index is 0.572. The molecule has 1 unspecified atom stereocenters. The molecule has 0 spiro atoms. The van der Waals surface area contributed by atoms with Crippen molar-refractivity contribution < 1.29 is 0 Å². The minimum Gasteiger partial charge on any atom is -0.362 e. The second-order valence-corrected chi connectivity index (χ2v) is 5.29. The zero-order valence-electron chi connectivity index (χ0n) is 9.86. The lowest BCUT2D eigenvalue weighted by atomic mass is 10.1. The van der Waals surface area contributed by atoms with E-state index in [1.54, 1.807) is 0 Å². The Balaban J connectivity index is 1.84. The van der Waals surface area contributed by atoms with Gasteiger partial charge in [-0.3, -0.25) is 4.99 Å². The third kappa shape index (κ3) is 3.27. The van der Waals surface area contributed by atoms with Crippen LogP contribution in [0.2, 0.25) is 0 Å². The number of aliphatic imine (C=N–C) groups is 1. The number of aryl methyl sites for hydroxylation is 1. The van der Waals surface area contributed by atoms with Crippen molar-refractivity contribution in [1.29, 1.82) is 0 Å². The van der Waals surface area contributed by atoms with Crippen LogP contribution < -0.4 is 5.32 Å². The lowest BCUT2D eigenvalue weighted by Crippen LogP contribution is -2.23. The summed E-state index contributed by atoms with van der Waals surface area (Å²) in [5.41, 5.74) is 2.70. The van der Waals surface area contributed by atoms with Crippen LogP contribution in [0.1, 0.15) is 18.1 Å². The van der Waals surface area contributed by atoms with Crippen molar-refractivity contribution >= 4 is 16.9 Å². The molecule has 2 nitrogen and oxygen atoms in total. The van der Waals surface area contributed by atoms with Gasteiger partial charge in [-0.1, -0.05) is 41.6 Å². The molecule has 0 radical (unpaired) electrons. The summed E-state index contributed by atoms with van der Waals surface area (Å²) in [5, 5.41) is 4.48. The summed E-state index contributed by atoms with van der Waals surface area (Å²) in [6.45, 7) is 5.20. The summed E-state index contributed by atoms with van der Waals surface area (Å²) >= 11 is 1.83. The van der Waals surface area contributed by atoms with Gasteiger partial charge in [-0.15, -0.1) is 0 Å². The Kier molecular flexibility index (Phi) is 3.88. The molecule has 0 amide bonds. The molecule has 1 aliphatic rings. The Hall–Kier alpha value is -0.960. The molecule has 1 aromatic carbocycles. The average molecular weight is 234 g/mol. The summed E-state index contributed by atoms with van der Waals surface area (Å²) < 4.78 is 0. The highest BCUT2D eigenvalue weighted by Gasteiger charge is 2.14. The van der Waals surface area contributed by atoms with Crippen molar-refractivity contribution in [3.63, 3.8) is 0 Å². The summed E-state index contributed by atoms with van der Waals surface area (Å²) in [7, 11) is 0. The van der Waals surface area contributed by atoms with Crippen LogP contribution in [-0.2, 0) is 6.42 Å². The van der Waals surface area contributed by atoms with Crippen LogP contribution in [0.15, 0.2) is 29.3 Å². The molecular weight excluding hydrogens is 216 g/mol. The largest absolute Gasteiger partial charge is 0.362 e. The third-order valence-electron chi connectivity index (χ3n) is 2.58. The van der Waals surface area contributed by atoms with Crippen LogP contribution in [0.4, 0.5) is 0 Å². The second-order valence-electron chi connectivity index (χ2n) is 4.28. The van der Waals surface area contributed by atoms with Crippen molar-refractivity contribution in [2.75, 3.05) is 12.3 Å². The first kappa shape index (κ1) is 11.5. The molecule has 1 saturated heterocycles. The lowest BCUT2D eigenvalue weighted by molar-refractivity contribution is 0.764. The fourth-order valence-electron chi connectivity index (χ4n) is 1.74. The number of thioether (sulfide) groups is 1. The van der Waals surface area contributed by atoms with E-state index in [1.165, 1.54) is 11.1 Å². The topological polar surface area (TPSA) is 24.4 Å². The maximum atomic E-state index is 4.57. The lowest BCUT2D eigenvalue weighted by Gasteiger charge is -2.02. The Morgan fingerprint density at radius 1 is 1.50 bits per heavy atom. The monoisotopic (exact) mass is 234 g/mol. The number of rotatable bonds is 3. The van der Waals surface area contributed by atoms with Gasteiger partial charge < -0.3 is 5.32 Å². The molecule has 0 aromatic heterocycles. The first-order valence-electron chi connectivity index (χ1n) is 5.73. The van der Waals surface area contributed by atoms with Gasteiger partial charge in [-0.05, 0) is 25.8 Å². The molecule has 0 saturated carbocycles. The molecular formula is C13H18N2S. The summed E-state index contributed by atoms with van der Waals surface area (Å²) in [4.78, 5) is 4.57. The van der Waals surface area contributed by atoms with Crippen molar-refractivity contribution in [3.05, 3.63) is 35.4 Å². The first-order valence-corrected chi connectivity index (χ1v) is 6.72. The summed E-state index contributed by atoms with van der Waals surface area (Å²) in [6.07, 6.45) is 1.03. The predicted molar refractivity (Wildman–Crippen MR) is 72.2 cm³/mol. The van der Waals surface area contributed by atoms with E-state index in [0.717, 1.165) is 23.9 Å². The van der Waals surface area contributed by atoms with Gasteiger partial charge in [-0.25, -0.2) is 0 Å². The highest BCUT2D eigenvalue weighted by atomic mass is 32.2. The standard InChI is InChI=1S/C13H18N2S/c1-10-4-3-5-12(8-10)6-7-14-13-15-11(2)9-16-13/h3-5,8,11H,6-7,9H2,1-2H3,(H,14,15). The quantitative estimate of drug-likeness (QED) is 0.869. The molecule has 1 N–H and O–H groups in total. The van der Waals surface area contributed by atoms with E-state index in [1.807, 2.05) is 11.8 Å². The number of hydrogen-bond donors (Lipinski definition) is 1. The van der Waals surface area contributed by atoms with Gasteiger partial charge in [0.25, 0.3) is 0 Å². The molecule has 2 rings (SSSR count). The molecule has 1 heterocycles. The Bertz CT molecular complexity index is 387. The van der Waals surface area contributed by atoms with E-state index in [9.17, 15) is 0 Å². The molecule has 3 heteroatoms. The Morgan fingerprint density at radius 2 is 2.38 bits per heavy atom. The predicted octanol–water partition coefficient (Wildman–Crippen LogP) is 2.62. The summed E-state index contributed by atoms with van der Waals surface area (Å²) in [5.74, 6) is 1.14. The van der Waals surface area contributed by atoms with Crippen LogP contribution in [-0.4, -0.2) is 23.5 Å². The van der Waals surface area contributed by atoms with Crippen molar-refractivity contribution in [1.82, 2.24) is 5.32 Å². The van der Waals surface area contributed by atoms with Gasteiger partial charge >= 0.3 is 0 Å². The van der Waals surface area contributed by atoms with E-state index >= 15 is 0 Å². The van der Waals surface area contributed by atoms with Gasteiger partial charge in [0.15, 0.2) is 5.17 Å². The van der Waals surface area contributed by atoms with E-state index in [2.05, 4.69) is 48.4 Å². The maximum absolute atomic E-state index is 4.57. The van der Waals surface area contributed by atoms with Crippen molar-refractivity contribution in [2.45, 2.75) is 26.3 Å². The number of nitrogens with zero attached hydrogens (tertiary/aromatic N) is 1. The Morgan fingerprint density at radius 3 is 3.06 bits per heavy atom. The normalized spacial score (nSPS) is 22.4. The minimum absolute atomic E-state index is 0.572. The van der Waals surface area contributed by atoms with Gasteiger partial charge in [-0.2, -0.15) is 0 Å². The molecule has 0 aliphatic carbocycles. The third-order valence-corrected chi connectivity index (χ3v) is 3.77. The Labute approximate surface area is 102 Å². The molecule has 0 bridgehead atoms. The molecule has 1 fully saturated rings. The van der Waals surface area contributed by atoms with Crippen molar-refractivity contribution in [2.24, 2.45) is 4.99 Å². The summed E-state index contributed by atoms with van der Waals surface area (Å²) in [6, 6.07) is 9.22. The molecule has 1 atom stereocenters. The van der Waals surface area contributed by atoms with Crippen LogP contribution >= 0.6 is 11.8 Å². The molecule has 1 aliphatic heterocycles. The van der Waals surface area contributed by atoms with Crippen LogP contribution in [0.3, 0.4) is 0 Å². The number of benzene rings is 1. The fourth-order valence-corrected chi connectivity index (χ4v) is 2.70. The van der Waals surface area contributed by atoms with E-state index < -0.39 is 0 Å². The van der Waals surface area contributed by atoms with Gasteiger partial charge in [0.1, 0.15) is 0 Å². The van der Waals surface area contributed by atoms with E-state index in [-0.39, 0.29) is 0 Å².